The molecule has 2 aromatic rings. The number of aliphatic carboxylic acids is 1. The molecule has 0 bridgehead atoms. The number of carbonyl (C=O) groups excluding carboxylic acids is 2. The minimum Gasteiger partial charge on any atom is -0.493 e. The van der Waals surface area contributed by atoms with Gasteiger partial charge >= 0.3 is 5.97 Å². The number of nitrogens with one attached hydrogen (secondary N) is 1. The highest BCUT2D eigenvalue weighted by Gasteiger charge is 2.61. The molecule has 8 heteroatoms. The number of nitrogens with zero attached hydrogens (tertiary/aromatic N) is 2. The van der Waals surface area contributed by atoms with Crippen LogP contribution >= 0.6 is 0 Å². The highest BCUT2D eigenvalue weighted by Crippen LogP contribution is 2.61. The molecule has 2 aliphatic heterocycles. The molecule has 2 aromatic carbocycles. The summed E-state index contributed by atoms with van der Waals surface area (Å²) in [6.07, 6.45) is 3.79. The van der Waals surface area contributed by atoms with Crippen LogP contribution in [0.5, 0.6) is 5.75 Å². The van der Waals surface area contributed by atoms with Crippen LogP contribution in [0.3, 0.4) is 0 Å². The van der Waals surface area contributed by atoms with E-state index in [1.807, 2.05) is 18.2 Å². The normalized spacial score (nSPS) is 22.3. The van der Waals surface area contributed by atoms with Gasteiger partial charge in [-0.15, -0.1) is 0 Å². The Morgan fingerprint density at radius 2 is 2.11 bits per heavy atom. The number of carboxylic acid groups (broad SMARTS) is 1. The van der Waals surface area contributed by atoms with E-state index in [4.69, 9.17) is 9.84 Å². The number of hydrogen-bond donors (Lipinski definition) is 2. The molecule has 1 aliphatic carbocycles. The van der Waals surface area contributed by atoms with Gasteiger partial charge in [-0.2, -0.15) is 5.26 Å². The van der Waals surface area contributed by atoms with Crippen molar-refractivity contribution in [3.8, 4) is 11.8 Å². The van der Waals surface area contributed by atoms with Gasteiger partial charge in [0.25, 0.3) is 0 Å². The Hall–Kier alpha value is -3.86. The molecule has 1 unspecified atom stereocenters. The van der Waals surface area contributed by atoms with Crippen molar-refractivity contribution in [3.63, 3.8) is 0 Å². The third-order valence-electron chi connectivity index (χ3n) is 7.42. The van der Waals surface area contributed by atoms with E-state index in [2.05, 4.69) is 11.4 Å². The third-order valence-corrected chi connectivity index (χ3v) is 7.42. The predicted octanol–water partition coefficient (Wildman–Crippen LogP) is 3.77. The van der Waals surface area contributed by atoms with E-state index < -0.39 is 5.97 Å². The van der Waals surface area contributed by atoms with Gasteiger partial charge in [-0.25, -0.2) is 0 Å². The zero-order valence-corrected chi connectivity index (χ0v) is 19.4. The molecule has 0 radical (unpaired) electrons. The Labute approximate surface area is 203 Å². The average molecular weight is 474 g/mol. The zero-order valence-electron chi connectivity index (χ0n) is 19.4. The maximum absolute atomic E-state index is 13.4. The summed E-state index contributed by atoms with van der Waals surface area (Å²) in [7, 11) is 0. The summed E-state index contributed by atoms with van der Waals surface area (Å²) < 4.78 is 5.88. The Morgan fingerprint density at radius 1 is 1.26 bits per heavy atom. The van der Waals surface area contributed by atoms with E-state index in [1.54, 1.807) is 23.1 Å². The molecule has 8 nitrogen and oxygen atoms in total. The van der Waals surface area contributed by atoms with Crippen LogP contribution in [0.2, 0.25) is 0 Å². The van der Waals surface area contributed by atoms with Gasteiger partial charge < -0.3 is 20.1 Å². The van der Waals surface area contributed by atoms with E-state index in [-0.39, 0.29) is 29.6 Å². The first kappa shape index (κ1) is 22.9. The first-order valence-electron chi connectivity index (χ1n) is 12.0. The van der Waals surface area contributed by atoms with Crippen LogP contribution in [0.1, 0.15) is 55.2 Å². The Bertz CT molecular complexity index is 1250. The SMILES string of the molecule is N#Cc1ccc(CCCC(=O)O)c(NC(=O)[C@@H]2CC23CCOc2ccc(N4CCCC4=O)cc23)c1. The van der Waals surface area contributed by atoms with Crippen molar-refractivity contribution in [3.05, 3.63) is 53.1 Å². The van der Waals surface area contributed by atoms with Gasteiger partial charge in [-0.05, 0) is 68.0 Å². The van der Waals surface area contributed by atoms with Crippen molar-refractivity contribution in [2.45, 2.75) is 50.4 Å². The molecule has 2 atom stereocenters. The molecule has 3 aliphatic rings. The maximum Gasteiger partial charge on any atom is 0.303 e. The first-order chi connectivity index (χ1) is 16.9. The minimum absolute atomic E-state index is 0.0394. The van der Waals surface area contributed by atoms with Crippen LogP contribution in [-0.4, -0.2) is 36.0 Å². The van der Waals surface area contributed by atoms with Gasteiger partial charge in [0.2, 0.25) is 11.8 Å². The van der Waals surface area contributed by atoms with E-state index in [1.165, 1.54) is 0 Å². The topological polar surface area (TPSA) is 120 Å². The number of fused-ring (bicyclic) bond motifs is 2. The van der Waals surface area contributed by atoms with Crippen molar-refractivity contribution in [1.29, 1.82) is 5.26 Å². The van der Waals surface area contributed by atoms with Crippen molar-refractivity contribution in [1.82, 2.24) is 0 Å². The average Bonchev–Trinajstić information content (AvgIpc) is 3.40. The van der Waals surface area contributed by atoms with Crippen molar-refractivity contribution in [2.75, 3.05) is 23.4 Å². The van der Waals surface area contributed by atoms with Gasteiger partial charge in [0.1, 0.15) is 5.75 Å². The summed E-state index contributed by atoms with van der Waals surface area (Å²) in [6, 6.07) is 13.0. The lowest BCUT2D eigenvalue weighted by atomic mass is 9.86. The number of ether oxygens (including phenoxy) is 1. The molecular formula is C27H27N3O5. The lowest BCUT2D eigenvalue weighted by Crippen LogP contribution is -2.28. The number of rotatable bonds is 7. The summed E-state index contributed by atoms with van der Waals surface area (Å²) in [5, 5.41) is 21.3. The van der Waals surface area contributed by atoms with Crippen LogP contribution in [0.25, 0.3) is 0 Å². The molecule has 35 heavy (non-hydrogen) atoms. The van der Waals surface area contributed by atoms with Gasteiger partial charge in [0.15, 0.2) is 0 Å². The molecular weight excluding hydrogens is 446 g/mol. The summed E-state index contributed by atoms with van der Waals surface area (Å²) in [4.78, 5) is 38.4. The highest BCUT2D eigenvalue weighted by atomic mass is 16.5. The fraction of sp³-hybridized carbons (Fsp3) is 0.407. The van der Waals surface area contributed by atoms with Gasteiger partial charge in [0, 0.05) is 47.7 Å². The maximum atomic E-state index is 13.4. The zero-order chi connectivity index (χ0) is 24.6. The summed E-state index contributed by atoms with van der Waals surface area (Å²) >= 11 is 0. The fourth-order valence-electron chi connectivity index (χ4n) is 5.45. The predicted molar refractivity (Wildman–Crippen MR) is 128 cm³/mol. The molecule has 2 N–H and O–H groups in total. The monoisotopic (exact) mass is 473 g/mol. The number of hydrogen-bond acceptors (Lipinski definition) is 5. The summed E-state index contributed by atoms with van der Waals surface area (Å²) in [5.74, 6) is -0.337. The van der Waals surface area contributed by atoms with E-state index in [9.17, 15) is 19.6 Å². The molecule has 180 valence electrons. The lowest BCUT2D eigenvalue weighted by molar-refractivity contribution is -0.137. The van der Waals surface area contributed by atoms with Crippen LogP contribution in [0.15, 0.2) is 36.4 Å². The second-order valence-electron chi connectivity index (χ2n) is 9.56. The smallest absolute Gasteiger partial charge is 0.303 e. The van der Waals surface area contributed by atoms with Crippen molar-refractivity contribution < 1.29 is 24.2 Å². The number of carboxylic acids is 1. The van der Waals surface area contributed by atoms with E-state index in [0.717, 1.165) is 35.4 Å². The highest BCUT2D eigenvalue weighted by molar-refractivity contribution is 5.98. The summed E-state index contributed by atoms with van der Waals surface area (Å²) in [6.45, 7) is 1.23. The second-order valence-corrected chi connectivity index (χ2v) is 9.56. The quantitative estimate of drug-likeness (QED) is 0.632. The van der Waals surface area contributed by atoms with E-state index >= 15 is 0 Å². The number of nitriles is 1. The number of benzene rings is 2. The lowest BCUT2D eigenvalue weighted by Gasteiger charge is -2.28. The van der Waals surface area contributed by atoms with Gasteiger partial charge in [-0.1, -0.05) is 6.07 Å². The molecule has 0 aromatic heterocycles. The number of anilines is 2. The molecule has 2 fully saturated rings. The molecule has 1 spiro atoms. The second kappa shape index (κ2) is 9.06. The summed E-state index contributed by atoms with van der Waals surface area (Å²) in [5.41, 5.74) is 3.32. The molecule has 5 rings (SSSR count). The van der Waals surface area contributed by atoms with Crippen LogP contribution in [-0.2, 0) is 26.2 Å². The molecule has 2 amide bonds. The van der Waals surface area contributed by atoms with Crippen LogP contribution in [0.4, 0.5) is 11.4 Å². The number of carbonyl (C=O) groups is 3. The largest absolute Gasteiger partial charge is 0.493 e. The van der Waals surface area contributed by atoms with Gasteiger partial charge in [0.05, 0.1) is 18.2 Å². The standard InChI is InChI=1S/C27H27N3O5/c28-16-17-6-7-18(3-1-5-25(32)33)22(13-17)29-26(34)21-15-27(21)10-12-35-23-9-8-19(14-20(23)27)30-11-2-4-24(30)31/h6-9,13-14,21H,1-5,10-12,15H2,(H,29,34)(H,32,33)/t21-,27?/m0/s1. The van der Waals surface area contributed by atoms with E-state index in [0.29, 0.717) is 50.1 Å². The Balaban J connectivity index is 1.37. The van der Waals surface area contributed by atoms with Gasteiger partial charge in [-0.3, -0.25) is 14.4 Å². The van der Waals surface area contributed by atoms with Crippen molar-refractivity contribution in [2.24, 2.45) is 5.92 Å². The van der Waals surface area contributed by atoms with Crippen molar-refractivity contribution >= 4 is 29.2 Å². The Morgan fingerprint density at radius 3 is 2.86 bits per heavy atom. The Kier molecular flexibility index (Phi) is 5.93. The number of aryl methyl sites for hydroxylation is 1. The van der Waals surface area contributed by atoms with Crippen LogP contribution < -0.4 is 15.0 Å². The molecule has 1 saturated heterocycles. The third kappa shape index (κ3) is 4.34. The minimum atomic E-state index is -0.864. The molecule has 1 saturated carbocycles. The fourth-order valence-corrected chi connectivity index (χ4v) is 5.45. The van der Waals surface area contributed by atoms with Crippen LogP contribution in [0, 0.1) is 17.2 Å². The number of amides is 2. The first-order valence-corrected chi connectivity index (χ1v) is 12.0. The molecule has 2 heterocycles.